The third-order valence-electron chi connectivity index (χ3n) is 4.17. The van der Waals surface area contributed by atoms with E-state index in [9.17, 15) is 14.0 Å². The molecule has 5 nitrogen and oxygen atoms in total. The van der Waals surface area contributed by atoms with Gasteiger partial charge in [0.05, 0.1) is 17.7 Å². The van der Waals surface area contributed by atoms with Gasteiger partial charge in [0.2, 0.25) is 11.8 Å². The molecule has 2 atom stereocenters. The summed E-state index contributed by atoms with van der Waals surface area (Å²) in [4.78, 5) is 25.6. The van der Waals surface area contributed by atoms with Gasteiger partial charge in [0.15, 0.2) is 0 Å². The highest BCUT2D eigenvalue weighted by molar-refractivity contribution is 6.00. The Bertz CT molecular complexity index is 572. The second-order valence-electron chi connectivity index (χ2n) is 5.74. The Kier molecular flexibility index (Phi) is 4.38. The van der Waals surface area contributed by atoms with E-state index in [-0.39, 0.29) is 36.6 Å². The number of benzene rings is 1. The van der Waals surface area contributed by atoms with Crippen LogP contribution in [0, 0.1) is 11.7 Å². The summed E-state index contributed by atoms with van der Waals surface area (Å²) < 4.78 is 19.2. The molecular weight excluding hydrogens is 287 g/mol. The summed E-state index contributed by atoms with van der Waals surface area (Å²) >= 11 is 0. The van der Waals surface area contributed by atoms with E-state index in [2.05, 4.69) is 5.32 Å². The minimum atomic E-state index is -0.448. The number of halogens is 1. The lowest BCUT2D eigenvalue weighted by atomic mass is 10.1. The smallest absolute Gasteiger partial charge is 0.227 e. The van der Waals surface area contributed by atoms with Gasteiger partial charge in [-0.05, 0) is 25.0 Å². The summed E-state index contributed by atoms with van der Waals surface area (Å²) in [7, 11) is 0. The molecule has 0 aliphatic carbocycles. The van der Waals surface area contributed by atoms with Gasteiger partial charge in [0.1, 0.15) is 5.82 Å². The van der Waals surface area contributed by atoms with E-state index < -0.39 is 11.7 Å². The average Bonchev–Trinajstić information content (AvgIpc) is 3.15. The minimum absolute atomic E-state index is 0.0729. The van der Waals surface area contributed by atoms with Crippen LogP contribution in [0.1, 0.15) is 19.3 Å². The first kappa shape index (κ1) is 15.0. The van der Waals surface area contributed by atoms with Gasteiger partial charge in [-0.15, -0.1) is 0 Å². The van der Waals surface area contributed by atoms with Crippen LogP contribution in [0.4, 0.5) is 10.1 Å². The molecule has 6 heteroatoms. The van der Waals surface area contributed by atoms with Crippen molar-refractivity contribution in [1.82, 2.24) is 5.32 Å². The lowest BCUT2D eigenvalue weighted by molar-refractivity contribution is -0.126. The Morgan fingerprint density at radius 3 is 2.95 bits per heavy atom. The van der Waals surface area contributed by atoms with E-state index in [0.29, 0.717) is 6.54 Å². The van der Waals surface area contributed by atoms with Crippen molar-refractivity contribution in [2.45, 2.75) is 25.4 Å². The fraction of sp³-hybridized carbons (Fsp3) is 0.500. The number of amides is 2. The summed E-state index contributed by atoms with van der Waals surface area (Å²) in [6.45, 7) is 1.43. The van der Waals surface area contributed by atoms with E-state index in [1.165, 1.54) is 11.0 Å². The number of carbonyl (C=O) groups is 2. The first-order valence-electron chi connectivity index (χ1n) is 7.59. The number of anilines is 1. The highest BCUT2D eigenvalue weighted by Gasteiger charge is 2.36. The fourth-order valence-electron chi connectivity index (χ4n) is 2.95. The number of para-hydroxylation sites is 1. The van der Waals surface area contributed by atoms with E-state index in [1.807, 2.05) is 0 Å². The summed E-state index contributed by atoms with van der Waals surface area (Å²) in [6, 6.07) is 6.12. The summed E-state index contributed by atoms with van der Waals surface area (Å²) in [5.41, 5.74) is 0.238. The lowest BCUT2D eigenvalue weighted by Gasteiger charge is -2.17. The number of rotatable bonds is 4. The first-order valence-corrected chi connectivity index (χ1v) is 7.59. The lowest BCUT2D eigenvalue weighted by Crippen LogP contribution is -2.37. The quantitative estimate of drug-likeness (QED) is 0.916. The van der Waals surface area contributed by atoms with Crippen molar-refractivity contribution in [3.05, 3.63) is 30.1 Å². The summed E-state index contributed by atoms with van der Waals surface area (Å²) in [6.07, 6.45) is 2.16. The normalized spacial score (nSPS) is 24.8. The number of hydrogen-bond donors (Lipinski definition) is 1. The highest BCUT2D eigenvalue weighted by atomic mass is 19.1. The van der Waals surface area contributed by atoms with Crippen LogP contribution in [-0.2, 0) is 14.3 Å². The van der Waals surface area contributed by atoms with Gasteiger partial charge in [0, 0.05) is 26.1 Å². The number of ether oxygens (including phenoxy) is 1. The largest absolute Gasteiger partial charge is 0.376 e. The van der Waals surface area contributed by atoms with E-state index in [0.717, 1.165) is 19.4 Å². The molecule has 2 unspecified atom stereocenters. The molecule has 0 bridgehead atoms. The third-order valence-corrected chi connectivity index (χ3v) is 4.17. The molecule has 0 radical (unpaired) electrons. The zero-order valence-electron chi connectivity index (χ0n) is 12.3. The maximum atomic E-state index is 13.8. The molecule has 2 aliphatic heterocycles. The van der Waals surface area contributed by atoms with Crippen molar-refractivity contribution in [2.75, 3.05) is 24.6 Å². The van der Waals surface area contributed by atoms with Gasteiger partial charge < -0.3 is 15.0 Å². The number of nitrogens with one attached hydrogen (secondary N) is 1. The molecule has 2 aliphatic rings. The maximum Gasteiger partial charge on any atom is 0.227 e. The molecule has 0 saturated carbocycles. The van der Waals surface area contributed by atoms with Gasteiger partial charge >= 0.3 is 0 Å². The van der Waals surface area contributed by atoms with Crippen LogP contribution < -0.4 is 10.2 Å². The predicted octanol–water partition coefficient (Wildman–Crippen LogP) is 1.47. The number of carbonyl (C=O) groups excluding carboxylic acids is 2. The molecule has 1 aromatic carbocycles. The Hall–Kier alpha value is -1.95. The minimum Gasteiger partial charge on any atom is -0.376 e. The molecule has 2 amide bonds. The molecule has 1 aromatic rings. The van der Waals surface area contributed by atoms with Crippen LogP contribution in [0.25, 0.3) is 0 Å². The van der Waals surface area contributed by atoms with Gasteiger partial charge in [-0.1, -0.05) is 12.1 Å². The van der Waals surface area contributed by atoms with Gasteiger partial charge in [0.25, 0.3) is 0 Å². The van der Waals surface area contributed by atoms with Crippen molar-refractivity contribution in [2.24, 2.45) is 5.92 Å². The third kappa shape index (κ3) is 3.11. The van der Waals surface area contributed by atoms with Crippen LogP contribution in [0.15, 0.2) is 24.3 Å². The molecular formula is C16H19FN2O3. The number of nitrogens with zero attached hydrogens (tertiary/aromatic N) is 1. The Morgan fingerprint density at radius 2 is 2.23 bits per heavy atom. The van der Waals surface area contributed by atoms with E-state index in [1.54, 1.807) is 18.2 Å². The van der Waals surface area contributed by atoms with Crippen molar-refractivity contribution >= 4 is 17.5 Å². The standard InChI is InChI=1S/C16H19FN2O3/c17-13-5-1-2-6-14(13)19-10-11(8-15(19)20)16(21)18-9-12-4-3-7-22-12/h1-2,5-6,11-12H,3-4,7-10H2,(H,18,21). The summed E-state index contributed by atoms with van der Waals surface area (Å²) in [5.74, 6) is -1.27. The monoisotopic (exact) mass is 306 g/mol. The molecule has 1 N–H and O–H groups in total. The Morgan fingerprint density at radius 1 is 1.41 bits per heavy atom. The molecule has 22 heavy (non-hydrogen) atoms. The fourth-order valence-corrected chi connectivity index (χ4v) is 2.95. The van der Waals surface area contributed by atoms with Gasteiger partial charge in [-0.25, -0.2) is 4.39 Å². The highest BCUT2D eigenvalue weighted by Crippen LogP contribution is 2.27. The molecule has 2 heterocycles. The van der Waals surface area contributed by atoms with E-state index >= 15 is 0 Å². The van der Waals surface area contributed by atoms with Crippen molar-refractivity contribution in [1.29, 1.82) is 0 Å². The predicted molar refractivity (Wildman–Crippen MR) is 78.8 cm³/mol. The van der Waals surface area contributed by atoms with Crippen LogP contribution >= 0.6 is 0 Å². The molecule has 2 saturated heterocycles. The van der Waals surface area contributed by atoms with Crippen molar-refractivity contribution in [3.8, 4) is 0 Å². The van der Waals surface area contributed by atoms with E-state index in [4.69, 9.17) is 4.74 Å². The molecule has 0 aromatic heterocycles. The maximum absolute atomic E-state index is 13.8. The first-order chi connectivity index (χ1) is 10.6. The zero-order chi connectivity index (χ0) is 15.5. The van der Waals surface area contributed by atoms with Crippen LogP contribution in [0.3, 0.4) is 0 Å². The van der Waals surface area contributed by atoms with Crippen molar-refractivity contribution in [3.63, 3.8) is 0 Å². The molecule has 2 fully saturated rings. The van der Waals surface area contributed by atoms with Gasteiger partial charge in [-0.2, -0.15) is 0 Å². The second kappa shape index (κ2) is 6.44. The molecule has 0 spiro atoms. The van der Waals surface area contributed by atoms with Crippen LogP contribution in [0.2, 0.25) is 0 Å². The van der Waals surface area contributed by atoms with Crippen LogP contribution in [0.5, 0.6) is 0 Å². The SMILES string of the molecule is O=C(NCC1CCCO1)C1CC(=O)N(c2ccccc2F)C1. The molecule has 3 rings (SSSR count). The molecule has 118 valence electrons. The average molecular weight is 306 g/mol. The second-order valence-corrected chi connectivity index (χ2v) is 5.74. The van der Waals surface area contributed by atoms with Crippen molar-refractivity contribution < 1.29 is 18.7 Å². The van der Waals surface area contributed by atoms with Gasteiger partial charge in [-0.3, -0.25) is 9.59 Å². The van der Waals surface area contributed by atoms with Crippen LogP contribution in [-0.4, -0.2) is 37.6 Å². The zero-order valence-corrected chi connectivity index (χ0v) is 12.3. The topological polar surface area (TPSA) is 58.6 Å². The number of hydrogen-bond acceptors (Lipinski definition) is 3. The summed E-state index contributed by atoms with van der Waals surface area (Å²) in [5, 5.41) is 2.84. The Balaban J connectivity index is 1.59. The Labute approximate surface area is 128 Å².